The smallest absolute Gasteiger partial charge is 0.278 e. The minimum Gasteiger partial charge on any atom is -0.454 e. The van der Waals surface area contributed by atoms with Gasteiger partial charge in [-0.1, -0.05) is 12.1 Å². The maximum atomic E-state index is 12.1. The van der Waals surface area contributed by atoms with Crippen LogP contribution in [0.4, 0.5) is 5.69 Å². The van der Waals surface area contributed by atoms with Gasteiger partial charge in [0.1, 0.15) is 0 Å². The Morgan fingerprint density at radius 2 is 1.96 bits per heavy atom. The molecule has 1 heterocycles. The van der Waals surface area contributed by atoms with E-state index >= 15 is 0 Å². The first-order chi connectivity index (χ1) is 13.0. The van der Waals surface area contributed by atoms with E-state index in [2.05, 4.69) is 15.8 Å². The third-order valence-electron chi connectivity index (χ3n) is 3.57. The minimum absolute atomic E-state index is 0.0976. The van der Waals surface area contributed by atoms with Gasteiger partial charge >= 0.3 is 0 Å². The summed E-state index contributed by atoms with van der Waals surface area (Å²) in [5.41, 5.74) is 2.62. The third kappa shape index (κ3) is 4.37. The van der Waals surface area contributed by atoms with Gasteiger partial charge in [-0.25, -0.2) is 5.43 Å². The normalized spacial score (nSPS) is 12.0. The third-order valence-corrected chi connectivity index (χ3v) is 3.57. The first-order valence-corrected chi connectivity index (χ1v) is 7.78. The van der Waals surface area contributed by atoms with Crippen LogP contribution in [-0.2, 0) is 4.79 Å². The maximum Gasteiger partial charge on any atom is 0.278 e. The van der Waals surface area contributed by atoms with E-state index in [-0.39, 0.29) is 24.6 Å². The van der Waals surface area contributed by atoms with E-state index in [0.717, 1.165) is 6.21 Å². The molecule has 10 nitrogen and oxygen atoms in total. The van der Waals surface area contributed by atoms with Crippen molar-refractivity contribution in [1.29, 1.82) is 0 Å². The molecule has 3 rings (SSSR count). The molecule has 138 valence electrons. The number of benzene rings is 2. The highest BCUT2D eigenvalue weighted by atomic mass is 16.7. The number of amides is 2. The Morgan fingerprint density at radius 3 is 2.78 bits per heavy atom. The van der Waals surface area contributed by atoms with Gasteiger partial charge in [0.25, 0.3) is 17.5 Å². The topological polar surface area (TPSA) is 132 Å². The number of hydrogen-bond acceptors (Lipinski definition) is 7. The summed E-state index contributed by atoms with van der Waals surface area (Å²) in [7, 11) is 0. The number of nitro benzene ring substituents is 1. The van der Waals surface area contributed by atoms with Crippen molar-refractivity contribution in [2.24, 2.45) is 5.10 Å². The molecule has 2 aromatic carbocycles. The highest BCUT2D eigenvalue weighted by molar-refractivity contribution is 5.97. The van der Waals surface area contributed by atoms with E-state index in [1.807, 2.05) is 0 Å². The van der Waals surface area contributed by atoms with Crippen LogP contribution in [0, 0.1) is 10.1 Å². The van der Waals surface area contributed by atoms with Crippen molar-refractivity contribution < 1.29 is 24.0 Å². The Hall–Kier alpha value is -3.95. The van der Waals surface area contributed by atoms with Gasteiger partial charge in [0.2, 0.25) is 6.79 Å². The monoisotopic (exact) mass is 370 g/mol. The fourth-order valence-electron chi connectivity index (χ4n) is 2.28. The van der Waals surface area contributed by atoms with Gasteiger partial charge in [-0.05, 0) is 24.3 Å². The average molecular weight is 370 g/mol. The van der Waals surface area contributed by atoms with Crippen LogP contribution in [0.25, 0.3) is 0 Å². The number of fused-ring (bicyclic) bond motifs is 1. The second-order valence-corrected chi connectivity index (χ2v) is 5.36. The minimum atomic E-state index is -0.584. The number of carbonyl (C=O) groups is 2. The second kappa shape index (κ2) is 7.95. The van der Waals surface area contributed by atoms with Crippen LogP contribution < -0.4 is 20.2 Å². The molecule has 0 aliphatic carbocycles. The van der Waals surface area contributed by atoms with Crippen molar-refractivity contribution in [1.82, 2.24) is 10.7 Å². The fraction of sp³-hybridized carbons (Fsp3) is 0.118. The fourth-order valence-corrected chi connectivity index (χ4v) is 2.28. The van der Waals surface area contributed by atoms with Crippen LogP contribution in [0.5, 0.6) is 11.5 Å². The maximum absolute atomic E-state index is 12.1. The van der Waals surface area contributed by atoms with Crippen LogP contribution in [-0.4, -0.2) is 36.3 Å². The molecule has 1 aliphatic heterocycles. The number of hydrazone groups is 1. The summed E-state index contributed by atoms with van der Waals surface area (Å²) in [6.45, 7) is -0.220. The zero-order valence-corrected chi connectivity index (χ0v) is 13.9. The molecule has 0 spiro atoms. The number of carbonyl (C=O) groups excluding carboxylic acids is 2. The molecule has 0 aromatic heterocycles. The summed E-state index contributed by atoms with van der Waals surface area (Å²) >= 11 is 0. The molecular formula is C17H14N4O6. The lowest BCUT2D eigenvalue weighted by Crippen LogP contribution is -2.34. The van der Waals surface area contributed by atoms with Crippen LogP contribution in [0.3, 0.4) is 0 Å². The number of nitro groups is 1. The van der Waals surface area contributed by atoms with Gasteiger partial charge in [0, 0.05) is 11.6 Å². The lowest BCUT2D eigenvalue weighted by atomic mass is 10.2. The van der Waals surface area contributed by atoms with Gasteiger partial charge in [0.05, 0.1) is 23.2 Å². The molecule has 10 heteroatoms. The van der Waals surface area contributed by atoms with E-state index in [9.17, 15) is 19.7 Å². The summed E-state index contributed by atoms with van der Waals surface area (Å²) in [6, 6.07) is 10.6. The summed E-state index contributed by atoms with van der Waals surface area (Å²) < 4.78 is 10.3. The first kappa shape index (κ1) is 17.9. The number of nitrogens with zero attached hydrogens (tertiary/aromatic N) is 2. The van der Waals surface area contributed by atoms with E-state index < -0.39 is 16.7 Å². The van der Waals surface area contributed by atoms with Crippen molar-refractivity contribution in [2.45, 2.75) is 0 Å². The zero-order valence-electron chi connectivity index (χ0n) is 13.9. The van der Waals surface area contributed by atoms with Crippen LogP contribution in [0.15, 0.2) is 47.6 Å². The molecule has 2 amide bonds. The summed E-state index contributed by atoms with van der Waals surface area (Å²) in [6.07, 6.45) is 1.16. The Balaban J connectivity index is 1.51. The second-order valence-electron chi connectivity index (χ2n) is 5.36. The predicted molar refractivity (Wildman–Crippen MR) is 93.7 cm³/mol. The first-order valence-electron chi connectivity index (χ1n) is 7.78. The van der Waals surface area contributed by atoms with Crippen molar-refractivity contribution in [3.63, 3.8) is 0 Å². The molecule has 1 aliphatic rings. The molecule has 0 saturated heterocycles. The molecule has 27 heavy (non-hydrogen) atoms. The highest BCUT2D eigenvalue weighted by Crippen LogP contribution is 2.32. The van der Waals surface area contributed by atoms with Gasteiger partial charge in [-0.2, -0.15) is 5.10 Å². The summed E-state index contributed by atoms with van der Waals surface area (Å²) in [5.74, 6) is -0.0418. The molecule has 0 unspecified atom stereocenters. The lowest BCUT2D eigenvalue weighted by molar-refractivity contribution is -0.385. The summed E-state index contributed by atoms with van der Waals surface area (Å²) in [4.78, 5) is 34.2. The van der Waals surface area contributed by atoms with E-state index in [1.54, 1.807) is 18.2 Å². The number of nitrogens with one attached hydrogen (secondary N) is 2. The van der Waals surface area contributed by atoms with E-state index in [1.165, 1.54) is 24.3 Å². The average Bonchev–Trinajstić information content (AvgIpc) is 3.14. The Labute approximate surface area is 152 Å². The zero-order chi connectivity index (χ0) is 19.2. The van der Waals surface area contributed by atoms with Crippen LogP contribution in [0.2, 0.25) is 0 Å². The molecule has 0 radical (unpaired) electrons. The Kier molecular flexibility index (Phi) is 5.26. The van der Waals surface area contributed by atoms with Crippen LogP contribution in [0.1, 0.15) is 15.9 Å². The lowest BCUT2D eigenvalue weighted by Gasteiger charge is -2.05. The van der Waals surface area contributed by atoms with Gasteiger partial charge in [-0.3, -0.25) is 19.7 Å². The van der Waals surface area contributed by atoms with Crippen molar-refractivity contribution in [3.8, 4) is 11.5 Å². The van der Waals surface area contributed by atoms with Crippen molar-refractivity contribution in [3.05, 3.63) is 63.7 Å². The number of hydrogen-bond donors (Lipinski definition) is 2. The number of para-hydroxylation sites is 1. The molecule has 2 N–H and O–H groups in total. The largest absolute Gasteiger partial charge is 0.454 e. The van der Waals surface area contributed by atoms with Gasteiger partial charge in [-0.15, -0.1) is 0 Å². The molecular weight excluding hydrogens is 356 g/mol. The van der Waals surface area contributed by atoms with Crippen molar-refractivity contribution >= 4 is 23.7 Å². The Morgan fingerprint density at radius 1 is 1.19 bits per heavy atom. The molecule has 2 aromatic rings. The molecule has 0 bridgehead atoms. The molecule has 0 atom stereocenters. The SMILES string of the molecule is O=C(CNC(=O)c1ccc2c(c1)OCO2)N/N=C\c1ccccc1[N+](=O)[O-]. The van der Waals surface area contributed by atoms with Crippen LogP contribution >= 0.6 is 0 Å². The Bertz CT molecular complexity index is 927. The van der Waals surface area contributed by atoms with Gasteiger partial charge in [0.15, 0.2) is 11.5 Å². The van der Waals surface area contributed by atoms with E-state index in [0.29, 0.717) is 17.1 Å². The standard InChI is InChI=1S/C17H14N4O6/c22-16(20-19-8-12-3-1-2-4-13(12)21(24)25)9-18-17(23)11-5-6-14-15(7-11)27-10-26-14/h1-8H,9-10H2,(H,18,23)(H,20,22)/b19-8-. The van der Waals surface area contributed by atoms with E-state index in [4.69, 9.17) is 9.47 Å². The number of rotatable bonds is 6. The molecule has 0 saturated carbocycles. The highest BCUT2D eigenvalue weighted by Gasteiger charge is 2.16. The quantitative estimate of drug-likeness (QED) is 0.446. The summed E-state index contributed by atoms with van der Waals surface area (Å²) in [5, 5.41) is 17.0. The van der Waals surface area contributed by atoms with Crippen molar-refractivity contribution in [2.75, 3.05) is 13.3 Å². The van der Waals surface area contributed by atoms with Gasteiger partial charge < -0.3 is 14.8 Å². The predicted octanol–water partition coefficient (Wildman–Crippen LogP) is 1.20. The number of ether oxygens (including phenoxy) is 2. The molecule has 0 fully saturated rings.